The van der Waals surface area contributed by atoms with Gasteiger partial charge in [-0.3, -0.25) is 14.5 Å². The van der Waals surface area contributed by atoms with E-state index in [1.54, 1.807) is 0 Å². The molecule has 3 aliphatic carbocycles. The zero-order valence-corrected chi connectivity index (χ0v) is 15.8. The van der Waals surface area contributed by atoms with Crippen LogP contribution in [0.15, 0.2) is 30.3 Å². The van der Waals surface area contributed by atoms with E-state index >= 15 is 0 Å². The standard InChI is InChI=1S/C22H30N2O3/c25-21(19-16-6-8-17(9-7-16)20(19)22(26)27)23-18-10-12-24(13-11-18)14-15-4-2-1-3-5-15/h1-5,16-20H,6-14H2,(H,23,25)(H,26,27)/t16?,17?,19-,20+/m1/s1. The molecule has 2 atom stereocenters. The van der Waals surface area contributed by atoms with Crippen molar-refractivity contribution in [3.05, 3.63) is 35.9 Å². The average molecular weight is 370 g/mol. The maximum Gasteiger partial charge on any atom is 0.307 e. The maximum atomic E-state index is 13.0. The molecule has 1 aliphatic heterocycles. The van der Waals surface area contributed by atoms with Gasteiger partial charge in [0.25, 0.3) is 0 Å². The largest absolute Gasteiger partial charge is 0.481 e. The molecule has 0 spiro atoms. The normalized spacial score (nSPS) is 31.6. The van der Waals surface area contributed by atoms with E-state index in [9.17, 15) is 14.7 Å². The highest BCUT2D eigenvalue weighted by Crippen LogP contribution is 2.49. The van der Waals surface area contributed by atoms with Crippen LogP contribution >= 0.6 is 0 Å². The second-order valence-corrected chi connectivity index (χ2v) is 8.61. The Labute approximate surface area is 161 Å². The zero-order chi connectivity index (χ0) is 18.8. The van der Waals surface area contributed by atoms with Crippen molar-refractivity contribution < 1.29 is 14.7 Å². The summed E-state index contributed by atoms with van der Waals surface area (Å²) < 4.78 is 0. The summed E-state index contributed by atoms with van der Waals surface area (Å²) in [6.07, 6.45) is 5.87. The molecular weight excluding hydrogens is 340 g/mol. The topological polar surface area (TPSA) is 69.6 Å². The van der Waals surface area contributed by atoms with Crippen LogP contribution in [0, 0.1) is 23.7 Å². The lowest BCUT2D eigenvalue weighted by atomic mass is 9.58. The Morgan fingerprint density at radius 3 is 2.11 bits per heavy atom. The number of piperidine rings is 1. The number of carboxylic acid groups (broad SMARTS) is 1. The third kappa shape index (κ3) is 4.03. The Balaban J connectivity index is 1.31. The number of aliphatic carboxylic acids is 1. The molecule has 27 heavy (non-hydrogen) atoms. The fourth-order valence-electron chi connectivity index (χ4n) is 5.56. The smallest absolute Gasteiger partial charge is 0.307 e. The number of hydrogen-bond acceptors (Lipinski definition) is 3. The highest BCUT2D eigenvalue weighted by Gasteiger charge is 2.50. The number of rotatable bonds is 5. The Morgan fingerprint density at radius 1 is 0.926 bits per heavy atom. The predicted octanol–water partition coefficient (Wildman–Crippen LogP) is 2.90. The summed E-state index contributed by atoms with van der Waals surface area (Å²) in [6, 6.07) is 10.7. The Kier molecular flexibility index (Phi) is 5.48. The molecule has 1 aromatic rings. The van der Waals surface area contributed by atoms with Gasteiger partial charge in [0.15, 0.2) is 0 Å². The number of nitrogens with one attached hydrogen (secondary N) is 1. The van der Waals surface area contributed by atoms with Crippen molar-refractivity contribution in [3.8, 4) is 0 Å². The van der Waals surface area contributed by atoms with E-state index in [0.717, 1.165) is 58.2 Å². The molecule has 4 aliphatic rings. The molecule has 0 radical (unpaired) electrons. The molecule has 1 amide bonds. The van der Waals surface area contributed by atoms with Crippen molar-refractivity contribution in [1.82, 2.24) is 10.2 Å². The lowest BCUT2D eigenvalue weighted by molar-refractivity contribution is -0.158. The summed E-state index contributed by atoms with van der Waals surface area (Å²) in [4.78, 5) is 27.2. The summed E-state index contributed by atoms with van der Waals surface area (Å²) >= 11 is 0. The highest BCUT2D eigenvalue weighted by atomic mass is 16.4. The van der Waals surface area contributed by atoms with E-state index in [1.807, 2.05) is 6.07 Å². The van der Waals surface area contributed by atoms with Gasteiger partial charge < -0.3 is 10.4 Å². The number of carbonyl (C=O) groups is 2. The second-order valence-electron chi connectivity index (χ2n) is 8.61. The highest BCUT2D eigenvalue weighted by molar-refractivity contribution is 5.85. The quantitative estimate of drug-likeness (QED) is 0.836. The van der Waals surface area contributed by atoms with Crippen molar-refractivity contribution in [3.63, 3.8) is 0 Å². The maximum absolute atomic E-state index is 13.0. The van der Waals surface area contributed by atoms with E-state index in [-0.39, 0.29) is 29.7 Å². The van der Waals surface area contributed by atoms with Crippen LogP contribution in [0.3, 0.4) is 0 Å². The SMILES string of the molecule is O=C(NC1CCN(Cc2ccccc2)CC1)[C@@H]1C2CCC(CC2)[C@@H]1C(=O)O. The van der Waals surface area contributed by atoms with Gasteiger partial charge in [-0.15, -0.1) is 0 Å². The van der Waals surface area contributed by atoms with Crippen LogP contribution in [0.2, 0.25) is 0 Å². The summed E-state index contributed by atoms with van der Waals surface area (Å²) in [5.74, 6) is -1.13. The number of nitrogens with zero attached hydrogens (tertiary/aromatic N) is 1. The minimum atomic E-state index is -0.776. The molecule has 1 aromatic carbocycles. The number of fused-ring (bicyclic) bond motifs is 3. The van der Waals surface area contributed by atoms with Gasteiger partial charge >= 0.3 is 5.97 Å². The van der Waals surface area contributed by atoms with Gasteiger partial charge in [0.2, 0.25) is 5.91 Å². The zero-order valence-electron chi connectivity index (χ0n) is 15.8. The van der Waals surface area contributed by atoms with Crippen molar-refractivity contribution in [2.75, 3.05) is 13.1 Å². The molecule has 3 saturated carbocycles. The molecule has 0 aromatic heterocycles. The van der Waals surface area contributed by atoms with E-state index in [2.05, 4.69) is 34.5 Å². The summed E-state index contributed by atoms with van der Waals surface area (Å²) in [6.45, 7) is 2.90. The fraction of sp³-hybridized carbons (Fsp3) is 0.636. The minimum absolute atomic E-state index is 0.00157. The number of likely N-dealkylation sites (tertiary alicyclic amines) is 1. The first-order valence-corrected chi connectivity index (χ1v) is 10.4. The number of amides is 1. The van der Waals surface area contributed by atoms with Gasteiger partial charge in [-0.05, 0) is 55.9 Å². The summed E-state index contributed by atoms with van der Waals surface area (Å²) in [5.41, 5.74) is 1.32. The van der Waals surface area contributed by atoms with Crippen molar-refractivity contribution in [2.45, 2.75) is 51.1 Å². The van der Waals surface area contributed by atoms with Gasteiger partial charge in [0.05, 0.1) is 11.8 Å². The van der Waals surface area contributed by atoms with Crippen molar-refractivity contribution in [1.29, 1.82) is 0 Å². The van der Waals surface area contributed by atoms with Gasteiger partial charge in [-0.2, -0.15) is 0 Å². The molecule has 4 fully saturated rings. The van der Waals surface area contributed by atoms with Crippen LogP contribution in [0.25, 0.3) is 0 Å². The van der Waals surface area contributed by atoms with Crippen molar-refractivity contribution in [2.24, 2.45) is 23.7 Å². The first-order valence-electron chi connectivity index (χ1n) is 10.4. The fourth-order valence-corrected chi connectivity index (χ4v) is 5.56. The van der Waals surface area contributed by atoms with Gasteiger partial charge in [-0.25, -0.2) is 0 Å². The van der Waals surface area contributed by atoms with Gasteiger partial charge in [-0.1, -0.05) is 30.3 Å². The number of benzene rings is 1. The molecule has 5 heteroatoms. The lowest BCUT2D eigenvalue weighted by Crippen LogP contribution is -2.53. The molecule has 5 nitrogen and oxygen atoms in total. The molecule has 0 unspecified atom stereocenters. The first-order chi connectivity index (χ1) is 13.1. The summed E-state index contributed by atoms with van der Waals surface area (Å²) in [5, 5.41) is 12.9. The minimum Gasteiger partial charge on any atom is -0.481 e. The van der Waals surface area contributed by atoms with Crippen LogP contribution in [-0.2, 0) is 16.1 Å². The molecule has 5 rings (SSSR count). The van der Waals surface area contributed by atoms with E-state index in [1.165, 1.54) is 5.56 Å². The third-order valence-electron chi connectivity index (χ3n) is 6.99. The first kappa shape index (κ1) is 18.5. The van der Waals surface area contributed by atoms with Gasteiger partial charge in [0.1, 0.15) is 0 Å². The summed E-state index contributed by atoms with van der Waals surface area (Å²) in [7, 11) is 0. The van der Waals surface area contributed by atoms with E-state index in [0.29, 0.717) is 0 Å². The van der Waals surface area contributed by atoms with Crippen LogP contribution in [0.4, 0.5) is 0 Å². The number of carbonyl (C=O) groups excluding carboxylic acids is 1. The van der Waals surface area contributed by atoms with Crippen molar-refractivity contribution >= 4 is 11.9 Å². The van der Waals surface area contributed by atoms with E-state index < -0.39 is 11.9 Å². The monoisotopic (exact) mass is 370 g/mol. The average Bonchev–Trinajstić information content (AvgIpc) is 2.70. The molecule has 1 heterocycles. The van der Waals surface area contributed by atoms with E-state index in [4.69, 9.17) is 0 Å². The second kappa shape index (κ2) is 8.01. The Hall–Kier alpha value is -1.88. The lowest BCUT2D eigenvalue weighted by Gasteiger charge is -2.46. The van der Waals surface area contributed by atoms with Crippen LogP contribution in [0.5, 0.6) is 0 Å². The number of carboxylic acids is 1. The van der Waals surface area contributed by atoms with Crippen LogP contribution in [-0.4, -0.2) is 41.0 Å². The van der Waals surface area contributed by atoms with Crippen LogP contribution in [0.1, 0.15) is 44.1 Å². The predicted molar refractivity (Wildman–Crippen MR) is 103 cm³/mol. The number of hydrogen-bond donors (Lipinski definition) is 2. The van der Waals surface area contributed by atoms with Crippen LogP contribution < -0.4 is 5.32 Å². The molecule has 2 bridgehead atoms. The molecule has 1 saturated heterocycles. The molecule has 2 N–H and O–H groups in total. The Bertz CT molecular complexity index is 661. The van der Waals surface area contributed by atoms with Gasteiger partial charge in [0, 0.05) is 25.7 Å². The third-order valence-corrected chi connectivity index (χ3v) is 6.99. The molecular formula is C22H30N2O3. The molecule has 146 valence electrons. The Morgan fingerprint density at radius 2 is 1.52 bits per heavy atom.